The minimum atomic E-state index is 0.523. The van der Waals surface area contributed by atoms with E-state index in [0.29, 0.717) is 24.2 Å². The van der Waals surface area contributed by atoms with Crippen molar-refractivity contribution in [3.63, 3.8) is 0 Å². The lowest BCUT2D eigenvalue weighted by atomic mass is 9.95. The number of hydrogen-bond acceptors (Lipinski definition) is 2. The molecule has 2 heteroatoms. The number of likely N-dealkylation sites (tertiary alicyclic amines) is 2. The third kappa shape index (κ3) is 10.4. The lowest BCUT2D eigenvalue weighted by molar-refractivity contribution is 0.175. The molecule has 0 aromatic heterocycles. The van der Waals surface area contributed by atoms with Crippen molar-refractivity contribution in [3.8, 4) is 0 Å². The highest BCUT2D eigenvalue weighted by atomic mass is 15.2. The minimum Gasteiger partial charge on any atom is -0.294 e. The number of rotatable bonds is 8. The summed E-state index contributed by atoms with van der Waals surface area (Å²) in [6, 6.07) is 44.4. The molecule has 2 nitrogen and oxygen atoms in total. The van der Waals surface area contributed by atoms with Gasteiger partial charge in [-0.25, -0.2) is 0 Å². The van der Waals surface area contributed by atoms with Crippen LogP contribution in [-0.4, -0.2) is 48.1 Å². The predicted molar refractivity (Wildman–Crippen MR) is 200 cm³/mol. The number of piperidine rings is 2. The molecule has 4 aromatic carbocycles. The molecule has 0 radical (unpaired) electrons. The van der Waals surface area contributed by atoms with E-state index >= 15 is 0 Å². The molecule has 0 aliphatic carbocycles. The van der Waals surface area contributed by atoms with Crippen LogP contribution in [0.3, 0.4) is 0 Å². The Morgan fingerprint density at radius 1 is 0.370 bits per heavy atom. The van der Waals surface area contributed by atoms with Gasteiger partial charge in [0.25, 0.3) is 0 Å². The molecule has 6 rings (SSSR count). The Labute approximate surface area is 278 Å². The molecule has 2 aliphatic heterocycles. The number of nitrogens with zero attached hydrogens (tertiary/aromatic N) is 2. The van der Waals surface area contributed by atoms with Gasteiger partial charge in [0.1, 0.15) is 0 Å². The maximum absolute atomic E-state index is 2.50. The summed E-state index contributed by atoms with van der Waals surface area (Å²) in [5, 5.41) is 0. The number of benzene rings is 4. The van der Waals surface area contributed by atoms with Gasteiger partial charge in [-0.15, -0.1) is 0 Å². The third-order valence-electron chi connectivity index (χ3n) is 9.33. The van der Waals surface area contributed by atoms with E-state index in [0.717, 1.165) is 0 Å². The van der Waals surface area contributed by atoms with Crippen LogP contribution < -0.4 is 0 Å². The standard InChI is InChI=1S/2C22H25N/c2*1-23-21(17-15-19-9-4-2-5-10-19)13-8-14-22(23)18-16-20-11-6-3-7-12-20/h2*2-7,9-12,15-18,21-22H,8,13-14H2,1H3/b2*17-15+,18-16+/t21-,22+;21-,22-/m.0/s1. The Morgan fingerprint density at radius 2 is 0.587 bits per heavy atom. The van der Waals surface area contributed by atoms with Gasteiger partial charge in [0.05, 0.1) is 0 Å². The molecule has 4 aromatic rings. The molecule has 236 valence electrons. The Balaban J connectivity index is 0.000000181. The largest absolute Gasteiger partial charge is 0.294 e. The zero-order valence-corrected chi connectivity index (χ0v) is 27.6. The van der Waals surface area contributed by atoms with Crippen molar-refractivity contribution in [2.24, 2.45) is 0 Å². The smallest absolute Gasteiger partial charge is 0.0284 e. The fourth-order valence-corrected chi connectivity index (χ4v) is 6.45. The van der Waals surface area contributed by atoms with Gasteiger partial charge in [0.15, 0.2) is 0 Å². The van der Waals surface area contributed by atoms with Gasteiger partial charge in [0, 0.05) is 24.2 Å². The van der Waals surface area contributed by atoms with Crippen molar-refractivity contribution in [2.75, 3.05) is 14.1 Å². The molecule has 0 bridgehead atoms. The molecule has 0 amide bonds. The van der Waals surface area contributed by atoms with Gasteiger partial charge in [-0.3, -0.25) is 9.80 Å². The van der Waals surface area contributed by atoms with E-state index in [-0.39, 0.29) is 0 Å². The second-order valence-corrected chi connectivity index (χ2v) is 12.5. The first-order valence-electron chi connectivity index (χ1n) is 17.0. The van der Waals surface area contributed by atoms with Gasteiger partial charge in [-0.05, 0) is 74.9 Å². The van der Waals surface area contributed by atoms with Crippen LogP contribution >= 0.6 is 0 Å². The Morgan fingerprint density at radius 3 is 0.804 bits per heavy atom. The topological polar surface area (TPSA) is 6.48 Å². The van der Waals surface area contributed by atoms with Crippen LogP contribution in [0.25, 0.3) is 24.3 Å². The van der Waals surface area contributed by atoms with E-state index in [2.05, 4.69) is 194 Å². The fraction of sp³-hybridized carbons (Fsp3) is 0.273. The van der Waals surface area contributed by atoms with Crippen LogP contribution in [0.1, 0.15) is 60.8 Å². The summed E-state index contributed by atoms with van der Waals surface area (Å²) in [6.45, 7) is 0. The molecule has 0 unspecified atom stereocenters. The first-order chi connectivity index (χ1) is 22.7. The van der Waals surface area contributed by atoms with Crippen molar-refractivity contribution in [1.82, 2.24) is 9.80 Å². The quantitative estimate of drug-likeness (QED) is 0.197. The Kier molecular flexibility index (Phi) is 13.0. The maximum Gasteiger partial charge on any atom is 0.0284 e. The van der Waals surface area contributed by atoms with Crippen molar-refractivity contribution >= 4 is 24.3 Å². The summed E-state index contributed by atoms with van der Waals surface area (Å²) < 4.78 is 0. The summed E-state index contributed by atoms with van der Waals surface area (Å²) in [5.41, 5.74) is 5.12. The average molecular weight is 607 g/mol. The predicted octanol–water partition coefficient (Wildman–Crippen LogP) is 10.5. The number of hydrogen-bond donors (Lipinski definition) is 0. The van der Waals surface area contributed by atoms with Crippen LogP contribution in [0.2, 0.25) is 0 Å². The maximum atomic E-state index is 2.50. The lowest BCUT2D eigenvalue weighted by Crippen LogP contribution is -2.41. The molecule has 2 heterocycles. The Hall–Kier alpha value is -4.24. The molecule has 0 spiro atoms. The van der Waals surface area contributed by atoms with Crippen LogP contribution in [0.5, 0.6) is 0 Å². The summed E-state index contributed by atoms with van der Waals surface area (Å²) in [4.78, 5) is 5.00. The minimum absolute atomic E-state index is 0.523. The summed E-state index contributed by atoms with van der Waals surface area (Å²) in [7, 11) is 4.50. The van der Waals surface area contributed by atoms with E-state index in [4.69, 9.17) is 0 Å². The molecule has 4 atom stereocenters. The average Bonchev–Trinajstić information content (AvgIpc) is 3.12. The summed E-state index contributed by atoms with van der Waals surface area (Å²) >= 11 is 0. The van der Waals surface area contributed by atoms with Gasteiger partial charge in [0.2, 0.25) is 0 Å². The zero-order valence-electron chi connectivity index (χ0n) is 27.6. The molecular formula is C44H50N2. The van der Waals surface area contributed by atoms with E-state index in [1.54, 1.807) is 0 Å². The molecule has 0 saturated carbocycles. The molecule has 2 fully saturated rings. The van der Waals surface area contributed by atoms with Crippen LogP contribution in [0, 0.1) is 0 Å². The van der Waals surface area contributed by atoms with Crippen LogP contribution in [0.15, 0.2) is 146 Å². The highest BCUT2D eigenvalue weighted by Gasteiger charge is 2.24. The third-order valence-corrected chi connectivity index (χ3v) is 9.33. The van der Waals surface area contributed by atoms with Crippen molar-refractivity contribution in [2.45, 2.75) is 62.7 Å². The van der Waals surface area contributed by atoms with Gasteiger partial charge in [-0.2, -0.15) is 0 Å². The fourth-order valence-electron chi connectivity index (χ4n) is 6.45. The van der Waals surface area contributed by atoms with E-state index < -0.39 is 0 Å². The Bertz CT molecular complexity index is 1290. The van der Waals surface area contributed by atoms with Crippen LogP contribution in [-0.2, 0) is 0 Å². The van der Waals surface area contributed by atoms with E-state index in [1.165, 1.54) is 60.8 Å². The van der Waals surface area contributed by atoms with Gasteiger partial charge in [-0.1, -0.05) is 170 Å². The van der Waals surface area contributed by atoms with Crippen molar-refractivity contribution in [3.05, 3.63) is 168 Å². The highest BCUT2D eigenvalue weighted by molar-refractivity contribution is 5.52. The molecule has 2 saturated heterocycles. The second kappa shape index (κ2) is 18.0. The van der Waals surface area contributed by atoms with Crippen molar-refractivity contribution < 1.29 is 0 Å². The number of likely N-dealkylation sites (N-methyl/N-ethyl adjacent to an activating group) is 2. The molecule has 46 heavy (non-hydrogen) atoms. The zero-order chi connectivity index (χ0) is 31.8. The molecule has 0 N–H and O–H groups in total. The van der Waals surface area contributed by atoms with Crippen molar-refractivity contribution in [1.29, 1.82) is 0 Å². The van der Waals surface area contributed by atoms with E-state index in [1.807, 2.05) is 0 Å². The first kappa shape index (κ1) is 33.1. The first-order valence-corrected chi connectivity index (χ1v) is 17.0. The lowest BCUT2D eigenvalue weighted by Gasteiger charge is -2.36. The molecular weight excluding hydrogens is 556 g/mol. The van der Waals surface area contributed by atoms with Crippen LogP contribution in [0.4, 0.5) is 0 Å². The SMILES string of the molecule is CN1[C@H](/C=C/c2ccccc2)CCC[C@@H]1/C=C/c1ccccc1.CN1[C@H](/C=C/c2ccccc2)CCC[C@H]1/C=C/c1ccccc1. The molecule has 2 aliphatic rings. The highest BCUT2D eigenvalue weighted by Crippen LogP contribution is 2.25. The second-order valence-electron chi connectivity index (χ2n) is 12.5. The van der Waals surface area contributed by atoms with Gasteiger partial charge < -0.3 is 0 Å². The monoisotopic (exact) mass is 606 g/mol. The normalized spacial score (nSPS) is 22.8. The van der Waals surface area contributed by atoms with E-state index in [9.17, 15) is 0 Å². The van der Waals surface area contributed by atoms with Gasteiger partial charge >= 0.3 is 0 Å². The summed E-state index contributed by atoms with van der Waals surface area (Å²) in [5.74, 6) is 0. The summed E-state index contributed by atoms with van der Waals surface area (Å²) in [6.07, 6.45) is 26.0.